The van der Waals surface area contributed by atoms with Gasteiger partial charge in [0.1, 0.15) is 0 Å². The van der Waals surface area contributed by atoms with Crippen LogP contribution < -0.4 is 0 Å². The number of carbonyl (C=O) groups is 1. The van der Waals surface area contributed by atoms with E-state index in [0.29, 0.717) is 0 Å². The van der Waals surface area contributed by atoms with Crippen LogP contribution in [0.2, 0.25) is 0 Å². The summed E-state index contributed by atoms with van der Waals surface area (Å²) >= 11 is 0. The molecule has 0 aromatic rings. The van der Waals surface area contributed by atoms with Crippen molar-refractivity contribution in [2.75, 3.05) is 0 Å². The number of rotatable bonds is 1. The van der Waals surface area contributed by atoms with Gasteiger partial charge in [-0.3, -0.25) is 4.79 Å². The highest BCUT2D eigenvalue weighted by Gasteiger charge is 2.26. The average molecular weight is 184 g/mol. The molecule has 0 aromatic carbocycles. The van der Waals surface area contributed by atoms with Crippen LogP contribution in [0.15, 0.2) is 0 Å². The number of hydrogen-bond donors (Lipinski definition) is 1. The highest BCUT2D eigenvalue weighted by molar-refractivity contribution is 5.32. The molecule has 0 radical (unpaired) electrons. The Hall–Kier alpha value is -0.530. The van der Waals surface area contributed by atoms with Crippen LogP contribution in [0.4, 0.5) is 0 Å². The van der Waals surface area contributed by atoms with Gasteiger partial charge in [0.05, 0.1) is 0 Å². The number of hydrogen-bond acceptors (Lipinski definition) is 1. The summed E-state index contributed by atoms with van der Waals surface area (Å²) in [6.07, 6.45) is 12.4. The molecule has 76 valence electrons. The Morgan fingerprint density at radius 2 is 1.08 bits per heavy atom. The van der Waals surface area contributed by atoms with Crippen molar-refractivity contribution in [2.24, 2.45) is 11.8 Å². The van der Waals surface area contributed by atoms with Crippen LogP contribution >= 0.6 is 0 Å². The van der Waals surface area contributed by atoms with Crippen molar-refractivity contribution in [1.29, 1.82) is 0 Å². The molecule has 0 spiro atoms. The minimum atomic E-state index is -0.250. The first-order valence-electron chi connectivity index (χ1n) is 5.46. The van der Waals surface area contributed by atoms with E-state index in [-0.39, 0.29) is 6.47 Å². The van der Waals surface area contributed by atoms with E-state index in [4.69, 9.17) is 9.90 Å². The highest BCUT2D eigenvalue weighted by atomic mass is 16.3. The molecule has 2 fully saturated rings. The van der Waals surface area contributed by atoms with Crippen molar-refractivity contribution in [3.63, 3.8) is 0 Å². The SMILES string of the molecule is C1CCC(C2CCCC2)C1.O=CO. The Morgan fingerprint density at radius 1 is 0.846 bits per heavy atom. The molecule has 0 heterocycles. The van der Waals surface area contributed by atoms with Gasteiger partial charge >= 0.3 is 0 Å². The lowest BCUT2D eigenvalue weighted by Crippen LogP contribution is -2.06. The van der Waals surface area contributed by atoms with Crippen LogP contribution in [0.1, 0.15) is 51.4 Å². The first-order valence-corrected chi connectivity index (χ1v) is 5.46. The van der Waals surface area contributed by atoms with Crippen LogP contribution in [-0.4, -0.2) is 11.6 Å². The second-order valence-corrected chi connectivity index (χ2v) is 4.19. The molecule has 2 aliphatic carbocycles. The lowest BCUT2D eigenvalue weighted by atomic mass is 9.90. The van der Waals surface area contributed by atoms with Crippen LogP contribution in [0.25, 0.3) is 0 Å². The van der Waals surface area contributed by atoms with Gasteiger partial charge in [0, 0.05) is 0 Å². The van der Waals surface area contributed by atoms with E-state index in [9.17, 15) is 0 Å². The van der Waals surface area contributed by atoms with Gasteiger partial charge in [-0.2, -0.15) is 0 Å². The Labute approximate surface area is 80.3 Å². The topological polar surface area (TPSA) is 37.3 Å². The molecule has 2 aliphatic rings. The molecule has 0 aromatic heterocycles. The monoisotopic (exact) mass is 184 g/mol. The zero-order valence-electron chi connectivity index (χ0n) is 8.24. The third kappa shape index (κ3) is 3.37. The first-order chi connectivity index (χ1) is 6.38. The molecule has 0 atom stereocenters. The lowest BCUT2D eigenvalue weighted by molar-refractivity contribution is -0.122. The highest BCUT2D eigenvalue weighted by Crippen LogP contribution is 2.39. The molecule has 2 heteroatoms. The van der Waals surface area contributed by atoms with E-state index in [1.165, 1.54) is 25.7 Å². The molecule has 13 heavy (non-hydrogen) atoms. The Kier molecular flexibility index (Phi) is 4.87. The van der Waals surface area contributed by atoms with Crippen molar-refractivity contribution in [1.82, 2.24) is 0 Å². The summed E-state index contributed by atoms with van der Waals surface area (Å²) in [7, 11) is 0. The quantitative estimate of drug-likeness (QED) is 0.636. The molecule has 2 saturated carbocycles. The summed E-state index contributed by atoms with van der Waals surface area (Å²) in [6, 6.07) is 0. The van der Waals surface area contributed by atoms with E-state index in [1.807, 2.05) is 0 Å². The van der Waals surface area contributed by atoms with E-state index < -0.39 is 0 Å². The van der Waals surface area contributed by atoms with Crippen molar-refractivity contribution in [3.8, 4) is 0 Å². The van der Waals surface area contributed by atoms with Crippen LogP contribution in [-0.2, 0) is 4.79 Å². The second-order valence-electron chi connectivity index (χ2n) is 4.19. The van der Waals surface area contributed by atoms with Gasteiger partial charge in [0.15, 0.2) is 0 Å². The predicted octanol–water partition coefficient (Wildman–Crippen LogP) is 3.07. The van der Waals surface area contributed by atoms with Crippen molar-refractivity contribution in [3.05, 3.63) is 0 Å². The zero-order chi connectivity index (χ0) is 9.52. The summed E-state index contributed by atoms with van der Waals surface area (Å²) in [6.45, 7) is -0.250. The Balaban J connectivity index is 0.000000251. The maximum Gasteiger partial charge on any atom is 0.290 e. The average Bonchev–Trinajstić information content (AvgIpc) is 2.78. The molecular formula is C11H20O2. The lowest BCUT2D eigenvalue weighted by Gasteiger charge is -2.16. The van der Waals surface area contributed by atoms with Gasteiger partial charge in [0.25, 0.3) is 6.47 Å². The fourth-order valence-corrected chi connectivity index (χ4v) is 2.86. The van der Waals surface area contributed by atoms with Crippen molar-refractivity contribution < 1.29 is 9.90 Å². The van der Waals surface area contributed by atoms with Crippen LogP contribution in [0.5, 0.6) is 0 Å². The smallest absolute Gasteiger partial charge is 0.290 e. The van der Waals surface area contributed by atoms with Crippen LogP contribution in [0, 0.1) is 11.8 Å². The summed E-state index contributed by atoms with van der Waals surface area (Å²) in [5.74, 6) is 2.31. The molecule has 0 unspecified atom stereocenters. The summed E-state index contributed by atoms with van der Waals surface area (Å²) in [4.78, 5) is 8.36. The van der Waals surface area contributed by atoms with Gasteiger partial charge in [-0.15, -0.1) is 0 Å². The van der Waals surface area contributed by atoms with E-state index in [2.05, 4.69) is 0 Å². The second kappa shape index (κ2) is 6.01. The van der Waals surface area contributed by atoms with Crippen molar-refractivity contribution in [2.45, 2.75) is 51.4 Å². The Bertz CT molecular complexity index is 119. The molecule has 0 aliphatic heterocycles. The molecule has 0 bridgehead atoms. The summed E-state index contributed by atoms with van der Waals surface area (Å²) in [5, 5.41) is 6.89. The van der Waals surface area contributed by atoms with Gasteiger partial charge in [-0.1, -0.05) is 51.4 Å². The summed E-state index contributed by atoms with van der Waals surface area (Å²) in [5.41, 5.74) is 0. The van der Waals surface area contributed by atoms with E-state index in [1.54, 1.807) is 25.7 Å². The molecule has 2 nitrogen and oxygen atoms in total. The third-order valence-electron chi connectivity index (χ3n) is 3.47. The fraction of sp³-hybridized carbons (Fsp3) is 0.909. The molecule has 2 rings (SSSR count). The first kappa shape index (κ1) is 10.6. The van der Waals surface area contributed by atoms with E-state index >= 15 is 0 Å². The molecular weight excluding hydrogens is 164 g/mol. The van der Waals surface area contributed by atoms with Crippen LogP contribution in [0.3, 0.4) is 0 Å². The van der Waals surface area contributed by atoms with Gasteiger partial charge in [0.2, 0.25) is 0 Å². The number of carboxylic acid groups (broad SMARTS) is 1. The van der Waals surface area contributed by atoms with Crippen molar-refractivity contribution >= 4 is 6.47 Å². The summed E-state index contributed by atoms with van der Waals surface area (Å²) < 4.78 is 0. The largest absolute Gasteiger partial charge is 0.483 e. The Morgan fingerprint density at radius 3 is 1.31 bits per heavy atom. The predicted molar refractivity (Wildman–Crippen MR) is 52.6 cm³/mol. The zero-order valence-corrected chi connectivity index (χ0v) is 8.24. The van der Waals surface area contributed by atoms with Gasteiger partial charge in [-0.25, -0.2) is 0 Å². The maximum absolute atomic E-state index is 8.36. The molecule has 0 amide bonds. The molecule has 1 N–H and O–H groups in total. The van der Waals surface area contributed by atoms with Gasteiger partial charge in [-0.05, 0) is 11.8 Å². The van der Waals surface area contributed by atoms with E-state index in [0.717, 1.165) is 11.8 Å². The molecule has 0 saturated heterocycles. The van der Waals surface area contributed by atoms with Gasteiger partial charge < -0.3 is 5.11 Å². The normalized spacial score (nSPS) is 24.0. The maximum atomic E-state index is 8.36. The fourth-order valence-electron chi connectivity index (χ4n) is 2.86. The minimum Gasteiger partial charge on any atom is -0.483 e. The third-order valence-corrected chi connectivity index (χ3v) is 3.47. The standard InChI is InChI=1S/C10H18.CH2O2/c1-2-6-9(5-1)10-7-3-4-8-10;2-1-3/h9-10H,1-8H2;1H,(H,2,3). The minimum absolute atomic E-state index is 0.250.